The van der Waals surface area contributed by atoms with Crippen LogP contribution in [-0.2, 0) is 9.53 Å². The van der Waals surface area contributed by atoms with E-state index < -0.39 is 12.1 Å². The summed E-state index contributed by atoms with van der Waals surface area (Å²) in [6.45, 7) is 0.884. The molecule has 0 aromatic carbocycles. The first-order valence-electron chi connectivity index (χ1n) is 5.88. The van der Waals surface area contributed by atoms with Crippen molar-refractivity contribution in [1.29, 1.82) is 0 Å². The molecule has 1 fully saturated rings. The van der Waals surface area contributed by atoms with Crippen LogP contribution in [0.2, 0.25) is 0 Å². The number of hydrogen-bond donors (Lipinski definition) is 2. The van der Waals surface area contributed by atoms with Crippen LogP contribution < -0.4 is 5.56 Å². The molecule has 1 aromatic heterocycles. The first-order valence-corrected chi connectivity index (χ1v) is 5.88. The van der Waals surface area contributed by atoms with E-state index in [1.165, 1.54) is 23.1 Å². The predicted molar refractivity (Wildman–Crippen MR) is 65.0 cm³/mol. The van der Waals surface area contributed by atoms with Gasteiger partial charge in [-0.3, -0.25) is 14.4 Å². The van der Waals surface area contributed by atoms with Crippen LogP contribution in [0.1, 0.15) is 16.9 Å². The van der Waals surface area contributed by atoms with E-state index in [0.717, 1.165) is 0 Å². The zero-order valence-corrected chi connectivity index (χ0v) is 10.2. The third kappa shape index (κ3) is 3.41. The Morgan fingerprint density at radius 1 is 1.47 bits per heavy atom. The minimum atomic E-state index is -0.965. The number of aromatic nitrogens is 1. The molecule has 19 heavy (non-hydrogen) atoms. The molecule has 7 nitrogen and oxygen atoms in total. The van der Waals surface area contributed by atoms with Gasteiger partial charge in [0.2, 0.25) is 5.56 Å². The minimum Gasteiger partial charge on any atom is -0.481 e. The standard InChI is InChI=1S/C12H14N2O5/c15-10-3-1-2-9(13-10)12(18)14-4-5-19-8(7-14)6-11(16)17/h1-3,8H,4-7H2,(H,13,15)(H,16,17). The van der Waals surface area contributed by atoms with Gasteiger partial charge in [-0.2, -0.15) is 0 Å². The van der Waals surface area contributed by atoms with Crippen LogP contribution in [0.3, 0.4) is 0 Å². The van der Waals surface area contributed by atoms with Gasteiger partial charge in [-0.05, 0) is 6.07 Å². The number of H-pyrrole nitrogens is 1. The normalized spacial score (nSPS) is 19.2. The number of carboxylic acid groups (broad SMARTS) is 1. The van der Waals surface area contributed by atoms with E-state index in [2.05, 4.69) is 4.98 Å². The van der Waals surface area contributed by atoms with Gasteiger partial charge in [-0.25, -0.2) is 0 Å². The largest absolute Gasteiger partial charge is 0.481 e. The second kappa shape index (κ2) is 5.66. The van der Waals surface area contributed by atoms with Crippen molar-refractivity contribution in [3.05, 3.63) is 34.2 Å². The lowest BCUT2D eigenvalue weighted by Gasteiger charge is -2.32. The fourth-order valence-corrected chi connectivity index (χ4v) is 1.96. The molecule has 0 aliphatic carbocycles. The van der Waals surface area contributed by atoms with Crippen LogP contribution in [0.15, 0.2) is 23.0 Å². The van der Waals surface area contributed by atoms with Crippen LogP contribution in [0.25, 0.3) is 0 Å². The molecule has 1 aromatic rings. The highest BCUT2D eigenvalue weighted by Crippen LogP contribution is 2.11. The lowest BCUT2D eigenvalue weighted by atomic mass is 10.2. The third-order valence-corrected chi connectivity index (χ3v) is 2.83. The Balaban J connectivity index is 2.07. The summed E-state index contributed by atoms with van der Waals surface area (Å²) >= 11 is 0. The van der Waals surface area contributed by atoms with E-state index in [9.17, 15) is 14.4 Å². The Morgan fingerprint density at radius 3 is 2.95 bits per heavy atom. The number of amides is 1. The highest BCUT2D eigenvalue weighted by atomic mass is 16.5. The van der Waals surface area contributed by atoms with Crippen molar-refractivity contribution in [1.82, 2.24) is 9.88 Å². The van der Waals surface area contributed by atoms with Gasteiger partial charge in [-0.15, -0.1) is 0 Å². The maximum Gasteiger partial charge on any atom is 0.306 e. The van der Waals surface area contributed by atoms with Gasteiger partial charge in [0.05, 0.1) is 19.1 Å². The van der Waals surface area contributed by atoms with E-state index >= 15 is 0 Å². The highest BCUT2D eigenvalue weighted by Gasteiger charge is 2.26. The quantitative estimate of drug-likeness (QED) is 0.781. The molecule has 1 amide bonds. The van der Waals surface area contributed by atoms with E-state index in [4.69, 9.17) is 9.84 Å². The molecule has 2 heterocycles. The smallest absolute Gasteiger partial charge is 0.306 e. The number of carboxylic acids is 1. The molecule has 0 radical (unpaired) electrons. The van der Waals surface area contributed by atoms with Gasteiger partial charge in [0.25, 0.3) is 5.91 Å². The van der Waals surface area contributed by atoms with Crippen molar-refractivity contribution in [3.8, 4) is 0 Å². The number of morpholine rings is 1. The van der Waals surface area contributed by atoms with Crippen molar-refractivity contribution in [2.24, 2.45) is 0 Å². The van der Waals surface area contributed by atoms with Crippen molar-refractivity contribution < 1.29 is 19.4 Å². The number of nitrogens with zero attached hydrogens (tertiary/aromatic N) is 1. The Labute approximate surface area is 108 Å². The van der Waals surface area contributed by atoms with Gasteiger partial charge in [0.1, 0.15) is 5.69 Å². The Hall–Kier alpha value is -2.15. The number of rotatable bonds is 3. The van der Waals surface area contributed by atoms with Crippen molar-refractivity contribution in [2.75, 3.05) is 19.7 Å². The highest BCUT2D eigenvalue weighted by molar-refractivity contribution is 5.92. The monoisotopic (exact) mass is 266 g/mol. The molecule has 7 heteroatoms. The molecule has 1 unspecified atom stereocenters. The van der Waals surface area contributed by atoms with Gasteiger partial charge in [0, 0.05) is 19.2 Å². The molecular formula is C12H14N2O5. The summed E-state index contributed by atoms with van der Waals surface area (Å²) in [5, 5.41) is 8.71. The maximum atomic E-state index is 12.1. The van der Waals surface area contributed by atoms with E-state index in [-0.39, 0.29) is 30.1 Å². The second-order valence-corrected chi connectivity index (χ2v) is 4.27. The first kappa shape index (κ1) is 13.3. The zero-order valence-electron chi connectivity index (χ0n) is 10.2. The van der Waals surface area contributed by atoms with Gasteiger partial charge in [0.15, 0.2) is 0 Å². The summed E-state index contributed by atoms with van der Waals surface area (Å²) in [7, 11) is 0. The van der Waals surface area contributed by atoms with Gasteiger partial charge >= 0.3 is 5.97 Å². The molecule has 0 saturated carbocycles. The topological polar surface area (TPSA) is 99.7 Å². The summed E-state index contributed by atoms with van der Waals surface area (Å²) in [5.74, 6) is -1.29. The molecule has 1 aliphatic heterocycles. The average molecular weight is 266 g/mol. The summed E-state index contributed by atoms with van der Waals surface area (Å²) in [6.07, 6.45) is -0.652. The second-order valence-electron chi connectivity index (χ2n) is 4.27. The van der Waals surface area contributed by atoms with Gasteiger partial charge < -0.3 is 19.7 Å². The van der Waals surface area contributed by atoms with Crippen molar-refractivity contribution in [2.45, 2.75) is 12.5 Å². The van der Waals surface area contributed by atoms with Crippen LogP contribution in [-0.4, -0.2) is 52.7 Å². The molecule has 102 valence electrons. The number of carbonyl (C=O) groups excluding carboxylic acids is 1. The first-order chi connectivity index (χ1) is 9.06. The number of pyridine rings is 1. The maximum absolute atomic E-state index is 12.1. The van der Waals surface area contributed by atoms with Gasteiger partial charge in [-0.1, -0.05) is 6.07 Å². The van der Waals surface area contributed by atoms with Crippen LogP contribution in [0, 0.1) is 0 Å². The number of aliphatic carboxylic acids is 1. The molecule has 0 bridgehead atoms. The summed E-state index contributed by atoms with van der Waals surface area (Å²) in [4.78, 5) is 37.9. The molecule has 2 rings (SSSR count). The fourth-order valence-electron chi connectivity index (χ4n) is 1.96. The molecule has 2 N–H and O–H groups in total. The van der Waals surface area contributed by atoms with Crippen LogP contribution in [0.4, 0.5) is 0 Å². The molecule has 1 atom stereocenters. The Bertz CT molecular complexity index is 539. The third-order valence-electron chi connectivity index (χ3n) is 2.83. The number of carbonyl (C=O) groups is 2. The Kier molecular flexibility index (Phi) is 3.96. The molecule has 0 spiro atoms. The summed E-state index contributed by atoms with van der Waals surface area (Å²) in [6, 6.07) is 4.34. The SMILES string of the molecule is O=C(O)CC1CN(C(=O)c2cccc(=O)[nH]2)CCO1. The van der Waals surface area contributed by atoms with E-state index in [1.807, 2.05) is 0 Å². The number of aromatic amines is 1. The van der Waals surface area contributed by atoms with Crippen molar-refractivity contribution in [3.63, 3.8) is 0 Å². The number of hydrogen-bond acceptors (Lipinski definition) is 4. The van der Waals surface area contributed by atoms with Crippen LogP contribution >= 0.6 is 0 Å². The Morgan fingerprint density at radius 2 is 2.26 bits per heavy atom. The summed E-state index contributed by atoms with van der Waals surface area (Å²) < 4.78 is 5.28. The number of ether oxygens (including phenoxy) is 1. The van der Waals surface area contributed by atoms with E-state index in [0.29, 0.717) is 13.2 Å². The molecule has 1 aliphatic rings. The predicted octanol–water partition coefficient (Wildman–Crippen LogP) is -0.309. The molecular weight excluding hydrogens is 252 g/mol. The average Bonchev–Trinajstić information content (AvgIpc) is 2.37. The molecule has 1 saturated heterocycles. The number of nitrogens with one attached hydrogen (secondary N) is 1. The van der Waals surface area contributed by atoms with E-state index in [1.54, 1.807) is 0 Å². The lowest BCUT2D eigenvalue weighted by Crippen LogP contribution is -2.46. The fraction of sp³-hybridized carbons (Fsp3) is 0.417. The minimum absolute atomic E-state index is 0.144. The van der Waals surface area contributed by atoms with Crippen LogP contribution in [0.5, 0.6) is 0 Å². The zero-order chi connectivity index (χ0) is 13.8. The summed E-state index contributed by atoms with van der Waals surface area (Å²) in [5.41, 5.74) is -0.148. The van der Waals surface area contributed by atoms with Crippen molar-refractivity contribution >= 4 is 11.9 Å². The lowest BCUT2D eigenvalue weighted by molar-refractivity contribution is -0.141.